The number of unbranched alkanes of at least 4 members (excludes halogenated alkanes) is 30. The van der Waals surface area contributed by atoms with Gasteiger partial charge in [0.15, 0.2) is 6.10 Å². The highest BCUT2D eigenvalue weighted by Gasteiger charge is 2.16. The molecule has 0 aliphatic heterocycles. The summed E-state index contributed by atoms with van der Waals surface area (Å²) in [7, 11) is 0. The summed E-state index contributed by atoms with van der Waals surface area (Å²) >= 11 is 0. The molecule has 0 fully saturated rings. The van der Waals surface area contributed by atoms with E-state index in [2.05, 4.69) is 38.2 Å². The molecule has 0 rings (SSSR count). The second-order valence-corrected chi connectivity index (χ2v) is 15.5. The van der Waals surface area contributed by atoms with Gasteiger partial charge >= 0.3 is 11.9 Å². The molecule has 1 atom stereocenters. The van der Waals surface area contributed by atoms with Crippen LogP contribution in [0.2, 0.25) is 0 Å². The predicted octanol–water partition coefficient (Wildman–Crippen LogP) is 14.6. The first-order valence-electron chi connectivity index (χ1n) is 22.9. The lowest BCUT2D eigenvalue weighted by atomic mass is 10.0. The van der Waals surface area contributed by atoms with Crippen LogP contribution in [0.5, 0.6) is 0 Å². The second kappa shape index (κ2) is 43.8. The fourth-order valence-corrected chi connectivity index (χ4v) is 6.76. The van der Waals surface area contributed by atoms with Crippen LogP contribution in [0.25, 0.3) is 0 Å². The molecule has 0 aliphatic carbocycles. The summed E-state index contributed by atoms with van der Waals surface area (Å²) < 4.78 is 10.6. The molecule has 0 aliphatic rings. The number of carbonyl (C=O) groups excluding carboxylic acids is 2. The zero-order chi connectivity index (χ0) is 37.8. The van der Waals surface area contributed by atoms with Gasteiger partial charge in [-0.1, -0.05) is 212 Å². The minimum Gasteiger partial charge on any atom is -0.462 e. The maximum absolute atomic E-state index is 12.2. The lowest BCUT2D eigenvalue weighted by Gasteiger charge is -2.15. The van der Waals surface area contributed by atoms with Gasteiger partial charge in [0.05, 0.1) is 6.61 Å². The number of hydrogen-bond acceptors (Lipinski definition) is 5. The SMILES string of the molecule is CCCCCC=CCC=CCCCCCCCCCC(=O)O[C@@H](CO)COC(=O)CCCCCCCCCCCCCCCCCCCCCCC. The third-order valence-electron chi connectivity index (χ3n) is 10.2. The average molecular weight is 733 g/mol. The molecule has 306 valence electrons. The predicted molar refractivity (Wildman–Crippen MR) is 224 cm³/mol. The van der Waals surface area contributed by atoms with E-state index in [0.717, 1.165) is 51.4 Å². The maximum Gasteiger partial charge on any atom is 0.306 e. The van der Waals surface area contributed by atoms with Crippen molar-refractivity contribution in [3.8, 4) is 0 Å². The maximum atomic E-state index is 12.2. The minimum absolute atomic E-state index is 0.0642. The highest BCUT2D eigenvalue weighted by Crippen LogP contribution is 2.16. The first kappa shape index (κ1) is 50.4. The van der Waals surface area contributed by atoms with Crippen molar-refractivity contribution in [1.29, 1.82) is 0 Å². The summed E-state index contributed by atoms with van der Waals surface area (Å²) in [5.74, 6) is -0.587. The summed E-state index contributed by atoms with van der Waals surface area (Å²) in [6, 6.07) is 0. The number of esters is 2. The topological polar surface area (TPSA) is 72.8 Å². The molecule has 0 radical (unpaired) electrons. The molecule has 52 heavy (non-hydrogen) atoms. The van der Waals surface area contributed by atoms with E-state index in [0.29, 0.717) is 12.8 Å². The van der Waals surface area contributed by atoms with Crippen LogP contribution < -0.4 is 0 Å². The highest BCUT2D eigenvalue weighted by molar-refractivity contribution is 5.70. The molecule has 0 saturated heterocycles. The molecule has 0 aromatic carbocycles. The van der Waals surface area contributed by atoms with E-state index in [1.807, 2.05) is 0 Å². The van der Waals surface area contributed by atoms with Crippen LogP contribution in [0, 0.1) is 0 Å². The molecule has 1 N–H and O–H groups in total. The van der Waals surface area contributed by atoms with Gasteiger partial charge in [-0.3, -0.25) is 9.59 Å². The Morgan fingerprint density at radius 2 is 0.769 bits per heavy atom. The van der Waals surface area contributed by atoms with Crippen LogP contribution in [0.4, 0.5) is 0 Å². The van der Waals surface area contributed by atoms with Gasteiger partial charge in [0.2, 0.25) is 0 Å². The largest absolute Gasteiger partial charge is 0.462 e. The third kappa shape index (κ3) is 41.1. The number of hydrogen-bond donors (Lipinski definition) is 1. The average Bonchev–Trinajstić information content (AvgIpc) is 3.15. The van der Waals surface area contributed by atoms with Gasteiger partial charge in [0.1, 0.15) is 6.61 Å². The molecule has 0 heterocycles. The number of aliphatic hydroxyl groups excluding tert-OH is 1. The molecule has 0 bridgehead atoms. The molecule has 5 nitrogen and oxygen atoms in total. The van der Waals surface area contributed by atoms with Gasteiger partial charge in [-0.15, -0.1) is 0 Å². The number of allylic oxidation sites excluding steroid dienone is 4. The van der Waals surface area contributed by atoms with E-state index in [9.17, 15) is 14.7 Å². The van der Waals surface area contributed by atoms with Gasteiger partial charge in [-0.25, -0.2) is 0 Å². The lowest BCUT2D eigenvalue weighted by Crippen LogP contribution is -2.28. The zero-order valence-corrected chi connectivity index (χ0v) is 34.8. The van der Waals surface area contributed by atoms with Crippen molar-refractivity contribution >= 4 is 11.9 Å². The summed E-state index contributed by atoms with van der Waals surface area (Å²) in [6.45, 7) is 4.14. The highest BCUT2D eigenvalue weighted by atomic mass is 16.6. The van der Waals surface area contributed by atoms with Crippen LogP contribution >= 0.6 is 0 Å². The Morgan fingerprint density at radius 3 is 1.17 bits per heavy atom. The fourth-order valence-electron chi connectivity index (χ4n) is 6.76. The van der Waals surface area contributed by atoms with E-state index in [1.54, 1.807) is 0 Å². The first-order chi connectivity index (χ1) is 25.6. The molecule has 5 heteroatoms. The number of aliphatic hydroxyl groups is 1. The number of rotatable bonds is 42. The number of carbonyl (C=O) groups is 2. The molecule has 0 saturated carbocycles. The Morgan fingerprint density at radius 1 is 0.442 bits per heavy atom. The smallest absolute Gasteiger partial charge is 0.306 e. The number of ether oxygens (including phenoxy) is 2. The van der Waals surface area contributed by atoms with E-state index in [4.69, 9.17) is 9.47 Å². The van der Waals surface area contributed by atoms with Gasteiger partial charge in [-0.2, -0.15) is 0 Å². The summed E-state index contributed by atoms with van der Waals surface area (Å²) in [4.78, 5) is 24.4. The molecular formula is C47H88O5. The Labute approximate surface area is 323 Å². The van der Waals surface area contributed by atoms with Crippen molar-refractivity contribution in [1.82, 2.24) is 0 Å². The molecule has 0 amide bonds. The van der Waals surface area contributed by atoms with Crippen molar-refractivity contribution in [2.45, 2.75) is 251 Å². The van der Waals surface area contributed by atoms with Gasteiger partial charge in [-0.05, 0) is 44.9 Å². The zero-order valence-electron chi connectivity index (χ0n) is 34.8. The first-order valence-corrected chi connectivity index (χ1v) is 22.9. The van der Waals surface area contributed by atoms with Crippen molar-refractivity contribution < 1.29 is 24.2 Å². The van der Waals surface area contributed by atoms with Crippen molar-refractivity contribution in [2.24, 2.45) is 0 Å². The van der Waals surface area contributed by atoms with Crippen LogP contribution in [-0.4, -0.2) is 36.4 Å². The van der Waals surface area contributed by atoms with Crippen molar-refractivity contribution in [2.75, 3.05) is 13.2 Å². The van der Waals surface area contributed by atoms with E-state index in [1.165, 1.54) is 167 Å². The van der Waals surface area contributed by atoms with Gasteiger partial charge in [0.25, 0.3) is 0 Å². The van der Waals surface area contributed by atoms with Crippen LogP contribution in [0.1, 0.15) is 245 Å². The standard InChI is InChI=1S/C47H88O5/c1-3-5-7-9-11-13-15-17-19-21-22-23-24-26-27-29-31-33-35-37-39-41-46(49)51-44-45(43-48)52-47(50)42-40-38-36-34-32-30-28-25-20-18-16-14-12-10-8-6-4-2/h12,14,18,20,45,48H,3-11,13,15-17,19,21-44H2,1-2H3/t45-/m0/s1. The summed E-state index contributed by atoms with van der Waals surface area (Å²) in [6.07, 6.45) is 52.5. The summed E-state index contributed by atoms with van der Waals surface area (Å²) in [5, 5.41) is 9.59. The minimum atomic E-state index is -0.771. The Balaban J connectivity index is 3.48. The summed E-state index contributed by atoms with van der Waals surface area (Å²) in [5.41, 5.74) is 0. The van der Waals surface area contributed by atoms with Crippen LogP contribution in [-0.2, 0) is 19.1 Å². The monoisotopic (exact) mass is 733 g/mol. The molecule has 0 unspecified atom stereocenters. The van der Waals surface area contributed by atoms with Crippen molar-refractivity contribution in [3.05, 3.63) is 24.3 Å². The van der Waals surface area contributed by atoms with Crippen molar-refractivity contribution in [3.63, 3.8) is 0 Å². The molecule has 0 spiro atoms. The van der Waals surface area contributed by atoms with E-state index >= 15 is 0 Å². The Kier molecular flexibility index (Phi) is 42.4. The van der Waals surface area contributed by atoms with E-state index in [-0.39, 0.29) is 25.2 Å². The Hall–Kier alpha value is -1.62. The van der Waals surface area contributed by atoms with Gasteiger partial charge in [0, 0.05) is 12.8 Å². The normalized spacial score (nSPS) is 12.3. The Bertz CT molecular complexity index is 791. The molecule has 0 aromatic heterocycles. The second-order valence-electron chi connectivity index (χ2n) is 15.5. The molecule has 0 aromatic rings. The lowest BCUT2D eigenvalue weighted by molar-refractivity contribution is -0.161. The molecular weight excluding hydrogens is 645 g/mol. The van der Waals surface area contributed by atoms with E-state index < -0.39 is 6.10 Å². The van der Waals surface area contributed by atoms with Crippen LogP contribution in [0.15, 0.2) is 24.3 Å². The van der Waals surface area contributed by atoms with Gasteiger partial charge < -0.3 is 14.6 Å². The third-order valence-corrected chi connectivity index (χ3v) is 10.2. The quantitative estimate of drug-likeness (QED) is 0.0384. The van der Waals surface area contributed by atoms with Crippen LogP contribution in [0.3, 0.4) is 0 Å². The fraction of sp³-hybridized carbons (Fsp3) is 0.872.